The molecule has 0 aliphatic carbocycles. The molecular weight excluding hydrogens is 202 g/mol. The highest BCUT2D eigenvalue weighted by Gasteiger charge is 2.27. The van der Waals surface area contributed by atoms with E-state index in [-0.39, 0.29) is 24.2 Å². The first-order chi connectivity index (χ1) is 7.68. The summed E-state index contributed by atoms with van der Waals surface area (Å²) in [5.74, 6) is 0.00844. The van der Waals surface area contributed by atoms with E-state index in [1.165, 1.54) is 0 Å². The maximum atomic E-state index is 11.7. The van der Waals surface area contributed by atoms with Crippen LogP contribution in [0.1, 0.15) is 31.4 Å². The molecule has 2 rings (SSSR count). The fourth-order valence-corrected chi connectivity index (χ4v) is 2.05. The molecule has 1 fully saturated rings. The van der Waals surface area contributed by atoms with Crippen LogP contribution < -0.4 is 0 Å². The number of piperidine rings is 1. The Morgan fingerprint density at radius 3 is 2.50 bits per heavy atom. The summed E-state index contributed by atoms with van der Waals surface area (Å²) in [4.78, 5) is 24.6. The van der Waals surface area contributed by atoms with Gasteiger partial charge in [0, 0.05) is 13.0 Å². The molecule has 1 atom stereocenters. The van der Waals surface area contributed by atoms with Crippen molar-refractivity contribution in [1.29, 1.82) is 0 Å². The van der Waals surface area contributed by atoms with Crippen LogP contribution in [0.3, 0.4) is 0 Å². The highest BCUT2D eigenvalue weighted by atomic mass is 16.2. The van der Waals surface area contributed by atoms with Gasteiger partial charge in [0.2, 0.25) is 5.91 Å². The first-order valence-electron chi connectivity index (χ1n) is 5.54. The molecule has 0 saturated carbocycles. The van der Waals surface area contributed by atoms with E-state index >= 15 is 0 Å². The summed E-state index contributed by atoms with van der Waals surface area (Å²) in [6, 6.07) is 9.96. The van der Waals surface area contributed by atoms with Gasteiger partial charge in [0.1, 0.15) is 5.78 Å². The molecule has 0 radical (unpaired) electrons. The Hall–Kier alpha value is -1.64. The fraction of sp³-hybridized carbons (Fsp3) is 0.385. The van der Waals surface area contributed by atoms with Crippen molar-refractivity contribution in [2.45, 2.75) is 25.8 Å². The van der Waals surface area contributed by atoms with Crippen LogP contribution in [0.15, 0.2) is 30.3 Å². The molecule has 0 bridgehead atoms. The minimum atomic E-state index is -0.0485. The Morgan fingerprint density at radius 2 is 1.88 bits per heavy atom. The lowest BCUT2D eigenvalue weighted by Crippen LogP contribution is -2.40. The molecule has 16 heavy (non-hydrogen) atoms. The third-order valence-electron chi connectivity index (χ3n) is 3.05. The molecule has 1 aromatic rings. The molecule has 0 N–H and O–H groups in total. The van der Waals surface area contributed by atoms with Crippen LogP contribution in [0.2, 0.25) is 0 Å². The van der Waals surface area contributed by atoms with Gasteiger partial charge in [0.25, 0.3) is 0 Å². The number of Topliss-reactive ketones (excluding diaryl/α,β-unsaturated/α-hetero) is 1. The standard InChI is InChI=1S/C13H15NO2/c1-10(11-5-3-2-4-6-11)14-8-7-12(15)9-13(14)16/h2-6,10H,7-9H2,1H3/t10-/m0/s1. The summed E-state index contributed by atoms with van der Waals surface area (Å²) in [5.41, 5.74) is 1.12. The Balaban J connectivity index is 2.13. The average molecular weight is 217 g/mol. The Kier molecular flexibility index (Phi) is 3.04. The minimum Gasteiger partial charge on any atom is -0.335 e. The normalized spacial score (nSPS) is 18.7. The number of likely N-dealkylation sites (tertiary alicyclic amines) is 1. The molecule has 1 aliphatic rings. The lowest BCUT2D eigenvalue weighted by atomic mass is 10.0. The molecule has 3 heteroatoms. The molecule has 1 saturated heterocycles. The molecule has 1 aliphatic heterocycles. The molecule has 0 spiro atoms. The number of amides is 1. The number of nitrogens with zero attached hydrogens (tertiary/aromatic N) is 1. The highest BCUT2D eigenvalue weighted by Crippen LogP contribution is 2.23. The first-order valence-corrected chi connectivity index (χ1v) is 5.54. The third-order valence-corrected chi connectivity index (χ3v) is 3.05. The predicted molar refractivity (Wildman–Crippen MR) is 60.8 cm³/mol. The van der Waals surface area contributed by atoms with Gasteiger partial charge >= 0.3 is 0 Å². The zero-order valence-corrected chi connectivity index (χ0v) is 9.35. The van der Waals surface area contributed by atoms with Crippen molar-refractivity contribution in [1.82, 2.24) is 4.90 Å². The van der Waals surface area contributed by atoms with Crippen molar-refractivity contribution in [2.75, 3.05) is 6.54 Å². The van der Waals surface area contributed by atoms with Gasteiger partial charge in [0.05, 0.1) is 12.5 Å². The van der Waals surface area contributed by atoms with E-state index in [1.54, 1.807) is 4.90 Å². The quantitative estimate of drug-likeness (QED) is 0.710. The average Bonchev–Trinajstić information content (AvgIpc) is 2.29. The molecule has 1 aromatic carbocycles. The summed E-state index contributed by atoms with van der Waals surface area (Å²) in [6.07, 6.45) is 0.556. The largest absolute Gasteiger partial charge is 0.335 e. The van der Waals surface area contributed by atoms with E-state index in [2.05, 4.69) is 0 Å². The number of rotatable bonds is 2. The van der Waals surface area contributed by atoms with Gasteiger partial charge in [0.15, 0.2) is 0 Å². The lowest BCUT2D eigenvalue weighted by Gasteiger charge is -2.32. The SMILES string of the molecule is C[C@@H](c1ccccc1)N1CCC(=O)CC1=O. The number of ketones is 1. The number of hydrogen-bond acceptors (Lipinski definition) is 2. The summed E-state index contributed by atoms with van der Waals surface area (Å²) >= 11 is 0. The van der Waals surface area contributed by atoms with Crippen LogP contribution in [0, 0.1) is 0 Å². The van der Waals surface area contributed by atoms with Gasteiger partial charge < -0.3 is 4.90 Å². The Morgan fingerprint density at radius 1 is 1.19 bits per heavy atom. The van der Waals surface area contributed by atoms with E-state index < -0.39 is 0 Å². The van der Waals surface area contributed by atoms with Gasteiger partial charge in [-0.2, -0.15) is 0 Å². The van der Waals surface area contributed by atoms with Gasteiger partial charge in [-0.3, -0.25) is 9.59 Å². The summed E-state index contributed by atoms with van der Waals surface area (Å²) < 4.78 is 0. The van der Waals surface area contributed by atoms with E-state index in [4.69, 9.17) is 0 Å². The zero-order chi connectivity index (χ0) is 11.5. The molecule has 1 heterocycles. The van der Waals surface area contributed by atoms with Crippen molar-refractivity contribution in [3.05, 3.63) is 35.9 Å². The molecule has 84 valence electrons. The van der Waals surface area contributed by atoms with Crippen molar-refractivity contribution in [3.63, 3.8) is 0 Å². The summed E-state index contributed by atoms with van der Waals surface area (Å²) in [6.45, 7) is 2.55. The number of carbonyl (C=O) groups excluding carboxylic acids is 2. The van der Waals surface area contributed by atoms with Crippen molar-refractivity contribution in [3.8, 4) is 0 Å². The van der Waals surface area contributed by atoms with Crippen LogP contribution in [0.4, 0.5) is 0 Å². The number of benzene rings is 1. The zero-order valence-electron chi connectivity index (χ0n) is 9.35. The number of hydrogen-bond donors (Lipinski definition) is 0. The van der Waals surface area contributed by atoms with Gasteiger partial charge in [-0.15, -0.1) is 0 Å². The molecule has 0 aromatic heterocycles. The topological polar surface area (TPSA) is 37.4 Å². The van der Waals surface area contributed by atoms with Gasteiger partial charge in [-0.05, 0) is 12.5 Å². The van der Waals surface area contributed by atoms with E-state index in [0.717, 1.165) is 5.56 Å². The maximum absolute atomic E-state index is 11.7. The third kappa shape index (κ3) is 2.13. The molecule has 0 unspecified atom stereocenters. The smallest absolute Gasteiger partial charge is 0.230 e. The van der Waals surface area contributed by atoms with E-state index in [1.807, 2.05) is 37.3 Å². The Bertz CT molecular complexity index is 400. The van der Waals surface area contributed by atoms with Crippen LogP contribution in [0.5, 0.6) is 0 Å². The second-order valence-electron chi connectivity index (χ2n) is 4.14. The molecular formula is C13H15NO2. The van der Waals surface area contributed by atoms with Crippen molar-refractivity contribution >= 4 is 11.7 Å². The number of carbonyl (C=O) groups is 2. The van der Waals surface area contributed by atoms with E-state index in [0.29, 0.717) is 13.0 Å². The first kappa shape index (κ1) is 10.9. The predicted octanol–water partition coefficient (Wildman–Crippen LogP) is 1.94. The van der Waals surface area contributed by atoms with Crippen LogP contribution in [0.25, 0.3) is 0 Å². The fourth-order valence-electron chi connectivity index (χ4n) is 2.05. The van der Waals surface area contributed by atoms with Crippen LogP contribution >= 0.6 is 0 Å². The second kappa shape index (κ2) is 4.47. The van der Waals surface area contributed by atoms with E-state index in [9.17, 15) is 9.59 Å². The van der Waals surface area contributed by atoms with Gasteiger partial charge in [-0.25, -0.2) is 0 Å². The Labute approximate surface area is 95.1 Å². The molecule has 1 amide bonds. The van der Waals surface area contributed by atoms with Crippen LogP contribution in [-0.2, 0) is 9.59 Å². The maximum Gasteiger partial charge on any atom is 0.230 e. The van der Waals surface area contributed by atoms with Crippen molar-refractivity contribution in [2.24, 2.45) is 0 Å². The highest BCUT2D eigenvalue weighted by molar-refractivity contribution is 6.00. The second-order valence-corrected chi connectivity index (χ2v) is 4.14. The molecule has 3 nitrogen and oxygen atoms in total. The summed E-state index contributed by atoms with van der Waals surface area (Å²) in [7, 11) is 0. The summed E-state index contributed by atoms with van der Waals surface area (Å²) in [5, 5.41) is 0. The lowest BCUT2D eigenvalue weighted by molar-refractivity contribution is -0.141. The monoisotopic (exact) mass is 217 g/mol. The van der Waals surface area contributed by atoms with Crippen LogP contribution in [-0.4, -0.2) is 23.1 Å². The van der Waals surface area contributed by atoms with Gasteiger partial charge in [-0.1, -0.05) is 30.3 Å². The minimum absolute atomic E-state index is 0.0485. The van der Waals surface area contributed by atoms with Crippen molar-refractivity contribution < 1.29 is 9.59 Å².